The number of rotatable bonds is 5. The Morgan fingerprint density at radius 2 is 2.11 bits per heavy atom. The highest BCUT2D eigenvalue weighted by Crippen LogP contribution is 2.64. The van der Waals surface area contributed by atoms with Crippen LogP contribution >= 0.6 is 33.9 Å². The summed E-state index contributed by atoms with van der Waals surface area (Å²) in [7, 11) is 0. The quantitative estimate of drug-likeness (QED) is 0.381. The maximum atomic E-state index is 12.3. The number of carboxylic acid groups (broad SMARTS) is 1. The SMILES string of the molecule is Cc1csc(C2(CN(C(=O)O)C(C)(C)C)C3CCN(c4cnc5c(I)nn(C6CCCCO6)c5n4)CC32)n1. The Balaban J connectivity index is 1.31. The minimum Gasteiger partial charge on any atom is -0.465 e. The van der Waals surface area contributed by atoms with Crippen LogP contribution in [0.15, 0.2) is 11.6 Å². The number of hydrogen-bond acceptors (Lipinski definition) is 8. The maximum absolute atomic E-state index is 12.3. The van der Waals surface area contributed by atoms with E-state index in [9.17, 15) is 9.90 Å². The van der Waals surface area contributed by atoms with Gasteiger partial charge in [-0.15, -0.1) is 11.3 Å². The molecule has 3 aromatic rings. The van der Waals surface area contributed by atoms with Crippen molar-refractivity contribution in [3.8, 4) is 0 Å². The molecule has 2 aliphatic heterocycles. The molecule has 4 atom stereocenters. The normalized spacial score (nSPS) is 27.4. The van der Waals surface area contributed by atoms with Gasteiger partial charge in [-0.2, -0.15) is 5.10 Å². The summed E-state index contributed by atoms with van der Waals surface area (Å²) < 4.78 is 8.76. The van der Waals surface area contributed by atoms with Crippen molar-refractivity contribution in [2.24, 2.45) is 11.8 Å². The number of hydrogen-bond donors (Lipinski definition) is 1. The number of aromatic nitrogens is 5. The Kier molecular flexibility index (Phi) is 6.57. The maximum Gasteiger partial charge on any atom is 0.407 e. The summed E-state index contributed by atoms with van der Waals surface area (Å²) in [5.41, 5.74) is 1.79. The van der Waals surface area contributed by atoms with Crippen molar-refractivity contribution in [3.63, 3.8) is 0 Å². The molecule has 3 aromatic heterocycles. The number of fused-ring (bicyclic) bond motifs is 2. The zero-order chi connectivity index (χ0) is 26.8. The van der Waals surface area contributed by atoms with Crippen molar-refractivity contribution < 1.29 is 14.6 Å². The van der Waals surface area contributed by atoms with Crippen LogP contribution in [0.4, 0.5) is 10.6 Å². The van der Waals surface area contributed by atoms with Crippen LogP contribution in [0.25, 0.3) is 11.2 Å². The number of amides is 1. The second-order valence-electron chi connectivity index (χ2n) is 11.8. The lowest BCUT2D eigenvalue weighted by Crippen LogP contribution is -2.49. The smallest absolute Gasteiger partial charge is 0.407 e. The van der Waals surface area contributed by atoms with Gasteiger partial charge >= 0.3 is 6.09 Å². The summed E-state index contributed by atoms with van der Waals surface area (Å²) in [6.45, 7) is 10.7. The van der Waals surface area contributed by atoms with E-state index in [0.717, 1.165) is 76.8 Å². The molecule has 2 saturated heterocycles. The van der Waals surface area contributed by atoms with Gasteiger partial charge in [0, 0.05) is 48.3 Å². The second-order valence-corrected chi connectivity index (χ2v) is 13.7. The van der Waals surface area contributed by atoms with E-state index in [1.165, 1.54) is 0 Å². The third-order valence-corrected chi connectivity index (χ3v) is 10.3. The Bertz CT molecular complexity index is 1360. The van der Waals surface area contributed by atoms with Crippen LogP contribution in [0.3, 0.4) is 0 Å². The van der Waals surface area contributed by atoms with Gasteiger partial charge in [0.2, 0.25) is 0 Å². The minimum atomic E-state index is -0.880. The van der Waals surface area contributed by atoms with E-state index in [4.69, 9.17) is 24.8 Å². The van der Waals surface area contributed by atoms with Gasteiger partial charge in [0.25, 0.3) is 0 Å². The Labute approximate surface area is 239 Å². The molecule has 4 unspecified atom stereocenters. The minimum absolute atomic E-state index is 0.103. The van der Waals surface area contributed by atoms with E-state index in [-0.39, 0.29) is 11.6 Å². The fourth-order valence-electron chi connectivity index (χ4n) is 6.36. The first kappa shape index (κ1) is 26.2. The average molecular weight is 652 g/mol. The second kappa shape index (κ2) is 9.54. The average Bonchev–Trinajstić information content (AvgIpc) is 3.11. The van der Waals surface area contributed by atoms with E-state index >= 15 is 0 Å². The molecular weight excluding hydrogens is 617 g/mol. The summed E-state index contributed by atoms with van der Waals surface area (Å²) in [5.74, 6) is 1.54. The van der Waals surface area contributed by atoms with Crippen molar-refractivity contribution in [2.45, 2.75) is 70.6 Å². The predicted molar refractivity (Wildman–Crippen MR) is 154 cm³/mol. The molecule has 1 amide bonds. The molecule has 0 radical (unpaired) electrons. The van der Waals surface area contributed by atoms with Crippen LogP contribution in [-0.2, 0) is 10.2 Å². The van der Waals surface area contributed by atoms with E-state index < -0.39 is 11.6 Å². The molecule has 1 saturated carbocycles. The molecule has 1 N–H and O–H groups in total. The third kappa shape index (κ3) is 4.36. The molecule has 38 heavy (non-hydrogen) atoms. The van der Waals surface area contributed by atoms with Crippen molar-refractivity contribution in [2.75, 3.05) is 31.1 Å². The lowest BCUT2D eigenvalue weighted by molar-refractivity contribution is -0.0372. The van der Waals surface area contributed by atoms with Crippen LogP contribution < -0.4 is 4.90 Å². The number of ether oxygens (including phenoxy) is 1. The first-order valence-corrected chi connectivity index (χ1v) is 15.3. The molecule has 204 valence electrons. The highest BCUT2D eigenvalue weighted by molar-refractivity contribution is 14.1. The van der Waals surface area contributed by atoms with Gasteiger partial charge < -0.3 is 19.6 Å². The highest BCUT2D eigenvalue weighted by atomic mass is 127. The summed E-state index contributed by atoms with van der Waals surface area (Å²) in [5, 5.41) is 18.0. The van der Waals surface area contributed by atoms with E-state index in [1.54, 1.807) is 16.2 Å². The van der Waals surface area contributed by atoms with Gasteiger partial charge in [-0.25, -0.2) is 24.4 Å². The molecule has 6 rings (SSSR count). The topological polar surface area (TPSA) is 110 Å². The van der Waals surface area contributed by atoms with Crippen LogP contribution in [0.1, 0.15) is 63.4 Å². The number of halogens is 1. The van der Waals surface area contributed by atoms with Gasteiger partial charge in [-0.3, -0.25) is 0 Å². The molecule has 0 spiro atoms. The molecule has 0 bridgehead atoms. The molecule has 3 aliphatic rings. The fourth-order valence-corrected chi connectivity index (χ4v) is 8.09. The van der Waals surface area contributed by atoms with Crippen LogP contribution in [-0.4, -0.2) is 72.6 Å². The van der Waals surface area contributed by atoms with E-state index in [0.29, 0.717) is 18.4 Å². The Morgan fingerprint density at radius 1 is 1.29 bits per heavy atom. The summed E-state index contributed by atoms with van der Waals surface area (Å²) in [4.78, 5) is 31.0. The number of carbonyl (C=O) groups is 1. The molecule has 10 nitrogen and oxygen atoms in total. The number of aryl methyl sites for hydroxylation is 1. The first-order valence-electron chi connectivity index (χ1n) is 13.3. The van der Waals surface area contributed by atoms with Gasteiger partial charge in [0.15, 0.2) is 15.6 Å². The van der Waals surface area contributed by atoms with Gasteiger partial charge in [-0.05, 0) is 87.8 Å². The molecule has 5 heterocycles. The Hall–Kier alpha value is -2.06. The number of thiazole rings is 1. The van der Waals surface area contributed by atoms with E-state index in [1.807, 2.05) is 38.6 Å². The van der Waals surface area contributed by atoms with E-state index in [2.05, 4.69) is 32.9 Å². The summed E-state index contributed by atoms with van der Waals surface area (Å²) in [6, 6.07) is 0. The standard InChI is InChI=1S/C26H34IN7O3S/c1-15-13-38-23(29-15)26(14-33(24(35)36)25(2,3)4)16-8-9-32(12-17(16)26)18-11-28-20-21(27)31-34(22(20)30-18)19-7-5-6-10-37-19/h11,13,16-17,19H,5-10,12,14H2,1-4H3,(H,35,36). The molecule has 3 fully saturated rings. The molecular formula is C26H34IN7O3S. The summed E-state index contributed by atoms with van der Waals surface area (Å²) >= 11 is 3.89. The number of anilines is 1. The zero-order valence-corrected chi connectivity index (χ0v) is 25.2. The zero-order valence-electron chi connectivity index (χ0n) is 22.2. The summed E-state index contributed by atoms with van der Waals surface area (Å²) in [6.07, 6.45) is 4.96. The van der Waals surface area contributed by atoms with Gasteiger partial charge in [0.05, 0.1) is 6.20 Å². The number of piperidine rings is 1. The van der Waals surface area contributed by atoms with Crippen LogP contribution in [0.2, 0.25) is 0 Å². The first-order chi connectivity index (χ1) is 18.1. The van der Waals surface area contributed by atoms with Crippen molar-refractivity contribution >= 4 is 57.0 Å². The predicted octanol–water partition coefficient (Wildman–Crippen LogP) is 5.07. The monoisotopic (exact) mass is 651 g/mol. The van der Waals surface area contributed by atoms with Gasteiger partial charge in [0.1, 0.15) is 16.3 Å². The number of nitrogens with zero attached hydrogens (tertiary/aromatic N) is 7. The van der Waals surface area contributed by atoms with Gasteiger partial charge in [-0.1, -0.05) is 0 Å². The molecule has 1 aliphatic carbocycles. The fraction of sp³-hybridized carbons (Fsp3) is 0.654. The third-order valence-electron chi connectivity index (χ3n) is 8.41. The Morgan fingerprint density at radius 3 is 2.76 bits per heavy atom. The van der Waals surface area contributed by atoms with Crippen LogP contribution in [0.5, 0.6) is 0 Å². The molecule has 0 aromatic carbocycles. The van der Waals surface area contributed by atoms with Crippen molar-refractivity contribution in [1.29, 1.82) is 0 Å². The lowest BCUT2D eigenvalue weighted by atomic mass is 9.97. The lowest BCUT2D eigenvalue weighted by Gasteiger charge is -2.36. The van der Waals surface area contributed by atoms with Crippen molar-refractivity contribution in [3.05, 3.63) is 26.0 Å². The highest BCUT2D eigenvalue weighted by Gasteiger charge is 2.69. The largest absolute Gasteiger partial charge is 0.465 e. The molecule has 12 heteroatoms. The van der Waals surface area contributed by atoms with Crippen LogP contribution in [0, 0.1) is 22.5 Å². The van der Waals surface area contributed by atoms with Crippen molar-refractivity contribution in [1.82, 2.24) is 29.6 Å².